The van der Waals surface area contributed by atoms with Gasteiger partial charge in [0, 0.05) is 29.7 Å². The van der Waals surface area contributed by atoms with Gasteiger partial charge in [0.15, 0.2) is 0 Å². The molecule has 2 atom stereocenters. The van der Waals surface area contributed by atoms with E-state index >= 15 is 0 Å². The van der Waals surface area contributed by atoms with Crippen LogP contribution in [0.15, 0.2) is 40.6 Å². The van der Waals surface area contributed by atoms with Gasteiger partial charge in [0.25, 0.3) is 10.0 Å². The summed E-state index contributed by atoms with van der Waals surface area (Å²) in [5.74, 6) is -0.238. The number of carbonyl (C=O) groups excluding carboxylic acids is 1. The normalized spacial score (nSPS) is 23.4. The van der Waals surface area contributed by atoms with Crippen LogP contribution in [-0.4, -0.2) is 37.8 Å². The topological polar surface area (TPSA) is 57.7 Å². The zero-order valence-corrected chi connectivity index (χ0v) is 17.2. The van der Waals surface area contributed by atoms with Gasteiger partial charge in [0.2, 0.25) is 5.91 Å². The number of sulfonamides is 1. The van der Waals surface area contributed by atoms with Gasteiger partial charge in [-0.25, -0.2) is 8.42 Å². The van der Waals surface area contributed by atoms with Crippen molar-refractivity contribution in [3.05, 3.63) is 46.8 Å². The third-order valence-electron chi connectivity index (χ3n) is 5.49. The minimum absolute atomic E-state index is 0.0507. The van der Waals surface area contributed by atoms with Crippen LogP contribution in [-0.2, 0) is 21.2 Å². The number of rotatable bonds is 3. The molecule has 7 heteroatoms. The molecule has 1 fully saturated rings. The molecule has 0 bridgehead atoms. The third kappa shape index (κ3) is 3.32. The molecule has 5 nitrogen and oxygen atoms in total. The summed E-state index contributed by atoms with van der Waals surface area (Å²) < 4.78 is 27.8. The Kier molecular flexibility index (Phi) is 4.86. The first-order chi connectivity index (χ1) is 12.9. The number of anilines is 1. The number of nitrogens with zero attached hydrogens (tertiary/aromatic N) is 2. The van der Waals surface area contributed by atoms with Crippen LogP contribution in [0.4, 0.5) is 5.69 Å². The van der Waals surface area contributed by atoms with E-state index in [1.54, 1.807) is 6.07 Å². The first-order valence-corrected chi connectivity index (χ1v) is 11.6. The molecule has 144 valence electrons. The van der Waals surface area contributed by atoms with Gasteiger partial charge in [0.1, 0.15) is 4.21 Å². The fourth-order valence-corrected chi connectivity index (χ4v) is 7.10. The lowest BCUT2D eigenvalue weighted by atomic mass is 9.97. The molecule has 0 N–H and O–H groups in total. The second kappa shape index (κ2) is 7.04. The molecule has 2 aromatic rings. The van der Waals surface area contributed by atoms with Crippen LogP contribution in [0.25, 0.3) is 0 Å². The largest absolute Gasteiger partial charge is 0.309 e. The van der Waals surface area contributed by atoms with Crippen LogP contribution in [0.2, 0.25) is 0 Å². The Morgan fingerprint density at radius 1 is 1.19 bits per heavy atom. The first kappa shape index (κ1) is 18.7. The fraction of sp³-hybridized carbons (Fsp3) is 0.450. The number of hydrogen-bond donors (Lipinski definition) is 0. The van der Waals surface area contributed by atoms with Crippen LogP contribution in [0.5, 0.6) is 0 Å². The molecule has 0 aliphatic carbocycles. The van der Waals surface area contributed by atoms with Gasteiger partial charge in [-0.15, -0.1) is 11.3 Å². The average Bonchev–Trinajstić information content (AvgIpc) is 3.24. The fourth-order valence-electron chi connectivity index (χ4n) is 4.14. The smallest absolute Gasteiger partial charge is 0.252 e. The highest BCUT2D eigenvalue weighted by Crippen LogP contribution is 2.35. The molecule has 27 heavy (non-hydrogen) atoms. The minimum Gasteiger partial charge on any atom is -0.309 e. The predicted octanol–water partition coefficient (Wildman–Crippen LogP) is 3.44. The monoisotopic (exact) mass is 404 g/mol. The first-order valence-electron chi connectivity index (χ1n) is 9.35. The number of hydrogen-bond acceptors (Lipinski definition) is 4. The number of fused-ring (bicyclic) bond motifs is 1. The Balaban J connectivity index is 1.56. The van der Waals surface area contributed by atoms with E-state index in [1.807, 2.05) is 36.1 Å². The van der Waals surface area contributed by atoms with Crippen LogP contribution < -0.4 is 4.90 Å². The molecule has 2 aliphatic rings. The van der Waals surface area contributed by atoms with Crippen LogP contribution in [0, 0.1) is 12.8 Å². The number of amides is 1. The second-order valence-corrected chi connectivity index (χ2v) is 10.9. The van der Waals surface area contributed by atoms with Crippen LogP contribution >= 0.6 is 11.3 Å². The van der Waals surface area contributed by atoms with E-state index in [1.165, 1.54) is 21.2 Å². The maximum atomic E-state index is 13.3. The van der Waals surface area contributed by atoms with Crippen molar-refractivity contribution in [1.29, 1.82) is 0 Å². The zero-order chi connectivity index (χ0) is 19.2. The Morgan fingerprint density at radius 2 is 1.96 bits per heavy atom. The molecule has 4 rings (SSSR count). The van der Waals surface area contributed by atoms with Gasteiger partial charge in [-0.05, 0) is 56.9 Å². The summed E-state index contributed by atoms with van der Waals surface area (Å²) in [5.41, 5.74) is 2.16. The summed E-state index contributed by atoms with van der Waals surface area (Å²) in [7, 11) is -3.52. The lowest BCUT2D eigenvalue weighted by molar-refractivity contribution is -0.123. The second-order valence-electron chi connectivity index (χ2n) is 7.46. The van der Waals surface area contributed by atoms with Gasteiger partial charge in [0.05, 0.1) is 5.92 Å². The van der Waals surface area contributed by atoms with Gasteiger partial charge in [-0.1, -0.05) is 18.2 Å². The molecule has 0 spiro atoms. The summed E-state index contributed by atoms with van der Waals surface area (Å²) in [6.07, 6.45) is 2.30. The molecular weight excluding hydrogens is 380 g/mol. The quantitative estimate of drug-likeness (QED) is 0.787. The molecule has 0 saturated carbocycles. The van der Waals surface area contributed by atoms with Gasteiger partial charge in [-0.3, -0.25) is 4.79 Å². The van der Waals surface area contributed by atoms with Crippen LogP contribution in [0.1, 0.15) is 30.2 Å². The third-order valence-corrected chi connectivity index (χ3v) is 8.82. The maximum Gasteiger partial charge on any atom is 0.252 e. The predicted molar refractivity (Wildman–Crippen MR) is 108 cm³/mol. The van der Waals surface area contributed by atoms with Crippen molar-refractivity contribution < 1.29 is 13.2 Å². The van der Waals surface area contributed by atoms with E-state index in [2.05, 4.69) is 13.0 Å². The molecule has 0 radical (unpaired) electrons. The molecule has 1 aromatic carbocycles. The number of para-hydroxylation sites is 1. The zero-order valence-electron chi connectivity index (χ0n) is 15.6. The highest BCUT2D eigenvalue weighted by atomic mass is 32.2. The summed E-state index contributed by atoms with van der Waals surface area (Å²) in [4.78, 5) is 16.1. The summed E-state index contributed by atoms with van der Waals surface area (Å²) in [6.45, 7) is 4.71. The van der Waals surface area contributed by atoms with Crippen molar-refractivity contribution in [3.63, 3.8) is 0 Å². The highest BCUT2D eigenvalue weighted by molar-refractivity contribution is 7.91. The van der Waals surface area contributed by atoms with E-state index in [0.717, 1.165) is 23.4 Å². The summed E-state index contributed by atoms with van der Waals surface area (Å²) in [5, 5.41) is 0. The Morgan fingerprint density at radius 3 is 2.70 bits per heavy atom. The molecule has 1 aromatic heterocycles. The van der Waals surface area contributed by atoms with Crippen LogP contribution in [0.3, 0.4) is 0 Å². The molecular formula is C20H24N2O3S2. The van der Waals surface area contributed by atoms with E-state index in [0.29, 0.717) is 17.2 Å². The molecule has 1 amide bonds. The van der Waals surface area contributed by atoms with E-state index in [-0.39, 0.29) is 24.4 Å². The van der Waals surface area contributed by atoms with Crippen molar-refractivity contribution in [3.8, 4) is 0 Å². The molecule has 1 saturated heterocycles. The standard InChI is InChI=1S/C20H24N2O3S2/c1-14-12-16-6-3-4-8-18(16)22(14)20(23)17-7-5-11-21(13-17)27(24,25)19-10-9-15(2)26-19/h3-4,6,8-10,14,17H,5,7,11-13H2,1-2H3/t14-,17+/m0/s1. The van der Waals surface area contributed by atoms with Crippen molar-refractivity contribution in [1.82, 2.24) is 4.31 Å². The Bertz CT molecular complexity index is 967. The lowest BCUT2D eigenvalue weighted by Gasteiger charge is -2.34. The summed E-state index contributed by atoms with van der Waals surface area (Å²) >= 11 is 1.29. The van der Waals surface area contributed by atoms with Gasteiger partial charge >= 0.3 is 0 Å². The average molecular weight is 405 g/mol. The SMILES string of the molecule is Cc1ccc(S(=O)(=O)N2CCC[C@@H](C(=O)N3c4ccccc4C[C@@H]3C)C2)s1. The molecule has 2 aliphatic heterocycles. The van der Waals surface area contributed by atoms with Crippen molar-refractivity contribution in [2.24, 2.45) is 5.92 Å². The van der Waals surface area contributed by atoms with Crippen molar-refractivity contribution >= 4 is 33.0 Å². The van der Waals surface area contributed by atoms with E-state index in [9.17, 15) is 13.2 Å². The molecule has 0 unspecified atom stereocenters. The van der Waals surface area contributed by atoms with Gasteiger partial charge < -0.3 is 4.90 Å². The number of piperidine rings is 1. The van der Waals surface area contributed by atoms with Crippen molar-refractivity contribution in [2.75, 3.05) is 18.0 Å². The highest BCUT2D eigenvalue weighted by Gasteiger charge is 2.39. The minimum atomic E-state index is -3.52. The lowest BCUT2D eigenvalue weighted by Crippen LogP contribution is -2.48. The summed E-state index contributed by atoms with van der Waals surface area (Å²) in [6, 6.07) is 11.6. The van der Waals surface area contributed by atoms with Crippen molar-refractivity contribution in [2.45, 2.75) is 43.4 Å². The number of aryl methyl sites for hydroxylation is 1. The molecule has 3 heterocycles. The van der Waals surface area contributed by atoms with E-state index in [4.69, 9.17) is 0 Å². The maximum absolute atomic E-state index is 13.3. The Labute approximate surface area is 164 Å². The number of benzene rings is 1. The Hall–Kier alpha value is -1.70. The number of carbonyl (C=O) groups is 1. The van der Waals surface area contributed by atoms with Gasteiger partial charge in [-0.2, -0.15) is 4.31 Å². The number of thiophene rings is 1. The van der Waals surface area contributed by atoms with E-state index < -0.39 is 10.0 Å².